The van der Waals surface area contributed by atoms with Crippen LogP contribution >= 0.6 is 0 Å². The SMILES string of the molecule is CC1(CNC2CCCN(C(=O)OC(C)(C)C)C2)CCOCC1. The molecule has 1 unspecified atom stereocenters. The second kappa shape index (κ2) is 7.18. The van der Waals surface area contributed by atoms with Gasteiger partial charge in [-0.2, -0.15) is 0 Å². The van der Waals surface area contributed by atoms with Crippen molar-refractivity contribution in [3.8, 4) is 0 Å². The molecular formula is C17H32N2O3. The number of nitrogens with zero attached hydrogens (tertiary/aromatic N) is 1. The van der Waals surface area contributed by atoms with Crippen molar-refractivity contribution in [3.05, 3.63) is 0 Å². The molecule has 0 aromatic heterocycles. The first-order valence-corrected chi connectivity index (χ1v) is 8.57. The van der Waals surface area contributed by atoms with Gasteiger partial charge in [-0.05, 0) is 51.9 Å². The van der Waals surface area contributed by atoms with Crippen LogP contribution in [0.1, 0.15) is 53.4 Å². The molecule has 1 N–H and O–H groups in total. The van der Waals surface area contributed by atoms with Crippen LogP contribution in [0.2, 0.25) is 0 Å². The van der Waals surface area contributed by atoms with Crippen molar-refractivity contribution in [2.24, 2.45) is 5.41 Å². The van der Waals surface area contributed by atoms with Crippen molar-refractivity contribution in [3.63, 3.8) is 0 Å². The number of carbonyl (C=O) groups excluding carboxylic acids is 1. The van der Waals surface area contributed by atoms with Gasteiger partial charge in [-0.3, -0.25) is 0 Å². The van der Waals surface area contributed by atoms with Gasteiger partial charge in [0.25, 0.3) is 0 Å². The summed E-state index contributed by atoms with van der Waals surface area (Å²) in [4.78, 5) is 14.0. The van der Waals surface area contributed by atoms with Crippen LogP contribution in [-0.2, 0) is 9.47 Å². The normalized spacial score (nSPS) is 25.8. The number of ether oxygens (including phenoxy) is 2. The predicted molar refractivity (Wildman–Crippen MR) is 87.0 cm³/mol. The predicted octanol–water partition coefficient (Wildman–Crippen LogP) is 2.79. The molecule has 0 radical (unpaired) electrons. The quantitative estimate of drug-likeness (QED) is 0.870. The highest BCUT2D eigenvalue weighted by molar-refractivity contribution is 5.68. The van der Waals surface area contributed by atoms with Crippen molar-refractivity contribution < 1.29 is 14.3 Å². The lowest BCUT2D eigenvalue weighted by Crippen LogP contribution is -2.51. The topological polar surface area (TPSA) is 50.8 Å². The second-order valence-electron chi connectivity index (χ2n) is 8.07. The highest BCUT2D eigenvalue weighted by atomic mass is 16.6. The highest BCUT2D eigenvalue weighted by Crippen LogP contribution is 2.29. The molecule has 0 aromatic rings. The Hall–Kier alpha value is -0.810. The van der Waals surface area contributed by atoms with Gasteiger partial charge in [-0.25, -0.2) is 4.79 Å². The Kier molecular flexibility index (Phi) is 5.72. The number of rotatable bonds is 3. The van der Waals surface area contributed by atoms with Gasteiger partial charge in [0.15, 0.2) is 0 Å². The number of amides is 1. The van der Waals surface area contributed by atoms with Crippen LogP contribution in [0.5, 0.6) is 0 Å². The first-order valence-electron chi connectivity index (χ1n) is 8.57. The Morgan fingerprint density at radius 1 is 1.36 bits per heavy atom. The Morgan fingerprint density at radius 3 is 2.68 bits per heavy atom. The van der Waals surface area contributed by atoms with Gasteiger partial charge in [0.2, 0.25) is 0 Å². The van der Waals surface area contributed by atoms with Crippen LogP contribution in [0.25, 0.3) is 0 Å². The molecule has 0 aromatic carbocycles. The summed E-state index contributed by atoms with van der Waals surface area (Å²) in [6, 6.07) is 0.376. The van der Waals surface area contributed by atoms with E-state index in [4.69, 9.17) is 9.47 Å². The minimum Gasteiger partial charge on any atom is -0.444 e. The summed E-state index contributed by atoms with van der Waals surface area (Å²) in [5, 5.41) is 3.67. The lowest BCUT2D eigenvalue weighted by atomic mass is 9.82. The fourth-order valence-electron chi connectivity index (χ4n) is 3.07. The molecule has 0 aliphatic carbocycles. The van der Waals surface area contributed by atoms with Gasteiger partial charge in [-0.1, -0.05) is 6.92 Å². The third kappa shape index (κ3) is 5.43. The molecule has 128 valence electrons. The van der Waals surface area contributed by atoms with Crippen molar-refractivity contribution in [2.75, 3.05) is 32.8 Å². The van der Waals surface area contributed by atoms with Crippen molar-refractivity contribution >= 4 is 6.09 Å². The third-order valence-electron chi connectivity index (χ3n) is 4.59. The fourth-order valence-corrected chi connectivity index (χ4v) is 3.07. The summed E-state index contributed by atoms with van der Waals surface area (Å²) in [5.41, 5.74) is -0.0977. The molecule has 0 bridgehead atoms. The molecule has 5 nitrogen and oxygen atoms in total. The molecule has 1 amide bonds. The Labute approximate surface area is 134 Å². The van der Waals surface area contributed by atoms with Crippen LogP contribution in [0, 0.1) is 5.41 Å². The second-order valence-corrected chi connectivity index (χ2v) is 8.07. The Bertz CT molecular complexity index is 373. The van der Waals surface area contributed by atoms with Gasteiger partial charge in [0, 0.05) is 38.9 Å². The lowest BCUT2D eigenvalue weighted by Gasteiger charge is -2.38. The minimum absolute atomic E-state index is 0.184. The number of hydrogen-bond acceptors (Lipinski definition) is 4. The van der Waals surface area contributed by atoms with Crippen LogP contribution in [0.4, 0.5) is 4.79 Å². The first kappa shape index (κ1) is 17.5. The highest BCUT2D eigenvalue weighted by Gasteiger charge is 2.31. The molecule has 1 atom stereocenters. The molecule has 2 heterocycles. The fraction of sp³-hybridized carbons (Fsp3) is 0.941. The molecule has 2 fully saturated rings. The minimum atomic E-state index is -0.424. The third-order valence-corrected chi connectivity index (χ3v) is 4.59. The van der Waals surface area contributed by atoms with E-state index in [2.05, 4.69) is 12.2 Å². The number of piperidine rings is 1. The van der Waals surface area contributed by atoms with Crippen molar-refractivity contribution in [1.82, 2.24) is 10.2 Å². The lowest BCUT2D eigenvalue weighted by molar-refractivity contribution is 0.0133. The van der Waals surface area contributed by atoms with Crippen molar-refractivity contribution in [2.45, 2.75) is 65.0 Å². The number of likely N-dealkylation sites (tertiary alicyclic amines) is 1. The largest absolute Gasteiger partial charge is 0.444 e. The van der Waals surface area contributed by atoms with Crippen LogP contribution in [-0.4, -0.2) is 55.5 Å². The van der Waals surface area contributed by atoms with Crippen LogP contribution in [0.3, 0.4) is 0 Å². The van der Waals surface area contributed by atoms with Gasteiger partial charge in [0.1, 0.15) is 5.60 Å². The molecule has 22 heavy (non-hydrogen) atoms. The number of nitrogens with one attached hydrogen (secondary N) is 1. The zero-order valence-electron chi connectivity index (χ0n) is 14.6. The zero-order chi connectivity index (χ0) is 16.2. The molecule has 2 aliphatic rings. The van der Waals surface area contributed by atoms with E-state index in [1.54, 1.807) is 0 Å². The maximum Gasteiger partial charge on any atom is 0.410 e. The van der Waals surface area contributed by atoms with E-state index in [9.17, 15) is 4.79 Å². The van der Waals surface area contributed by atoms with E-state index in [1.165, 1.54) is 0 Å². The Balaban J connectivity index is 1.79. The molecule has 5 heteroatoms. The van der Waals surface area contributed by atoms with Gasteiger partial charge in [-0.15, -0.1) is 0 Å². The van der Waals surface area contributed by atoms with Crippen molar-refractivity contribution in [1.29, 1.82) is 0 Å². The standard InChI is InChI=1S/C17H32N2O3/c1-16(2,3)22-15(20)19-9-5-6-14(12-19)18-13-17(4)7-10-21-11-8-17/h14,18H,5-13H2,1-4H3. The van der Waals surface area contributed by atoms with E-state index in [0.29, 0.717) is 11.5 Å². The summed E-state index contributed by atoms with van der Waals surface area (Å²) < 4.78 is 10.9. The molecule has 2 rings (SSSR count). The summed E-state index contributed by atoms with van der Waals surface area (Å²) in [7, 11) is 0. The molecule has 2 saturated heterocycles. The summed E-state index contributed by atoms with van der Waals surface area (Å²) in [5.74, 6) is 0. The van der Waals surface area contributed by atoms with Crippen LogP contribution < -0.4 is 5.32 Å². The monoisotopic (exact) mass is 312 g/mol. The van der Waals surface area contributed by atoms with E-state index >= 15 is 0 Å². The van der Waals surface area contributed by atoms with Gasteiger partial charge >= 0.3 is 6.09 Å². The van der Waals surface area contributed by atoms with Gasteiger partial charge < -0.3 is 19.7 Å². The molecule has 2 aliphatic heterocycles. The number of hydrogen-bond donors (Lipinski definition) is 1. The summed E-state index contributed by atoms with van der Waals surface area (Å²) in [6.45, 7) is 12.4. The van der Waals surface area contributed by atoms with Crippen LogP contribution in [0.15, 0.2) is 0 Å². The molecule has 0 saturated carbocycles. The first-order chi connectivity index (χ1) is 10.3. The average Bonchev–Trinajstić information content (AvgIpc) is 2.45. The van der Waals surface area contributed by atoms with E-state index in [-0.39, 0.29) is 6.09 Å². The smallest absolute Gasteiger partial charge is 0.410 e. The zero-order valence-corrected chi connectivity index (χ0v) is 14.6. The summed E-state index contributed by atoms with van der Waals surface area (Å²) >= 11 is 0. The van der Waals surface area contributed by atoms with E-state index in [0.717, 1.165) is 58.5 Å². The van der Waals surface area contributed by atoms with E-state index < -0.39 is 5.60 Å². The maximum absolute atomic E-state index is 12.2. The molecular weight excluding hydrogens is 280 g/mol. The Morgan fingerprint density at radius 2 is 2.05 bits per heavy atom. The maximum atomic E-state index is 12.2. The molecule has 0 spiro atoms. The van der Waals surface area contributed by atoms with Gasteiger partial charge in [0.05, 0.1) is 0 Å². The summed E-state index contributed by atoms with van der Waals surface area (Å²) in [6.07, 6.45) is 4.21. The number of carbonyl (C=O) groups is 1. The van der Waals surface area contributed by atoms with E-state index in [1.807, 2.05) is 25.7 Å². The average molecular weight is 312 g/mol.